The molecule has 1 aliphatic rings. The number of carbonyl (C=O) groups is 1. The van der Waals surface area contributed by atoms with Gasteiger partial charge in [0, 0.05) is 66.0 Å². The summed E-state index contributed by atoms with van der Waals surface area (Å²) in [6.45, 7) is 2.84. The van der Waals surface area contributed by atoms with Crippen LogP contribution in [-0.4, -0.2) is 38.2 Å². The summed E-state index contributed by atoms with van der Waals surface area (Å²) in [4.78, 5) is 30.0. The highest BCUT2D eigenvalue weighted by atomic mass is 16.2. The van der Waals surface area contributed by atoms with Crippen molar-refractivity contribution in [3.05, 3.63) is 78.8 Å². The molecule has 32 heavy (non-hydrogen) atoms. The van der Waals surface area contributed by atoms with Crippen LogP contribution in [0.25, 0.3) is 27.7 Å². The molecule has 4 aromatic rings. The van der Waals surface area contributed by atoms with E-state index in [1.165, 1.54) is 0 Å². The van der Waals surface area contributed by atoms with Crippen LogP contribution in [-0.2, 0) is 11.3 Å². The van der Waals surface area contributed by atoms with Gasteiger partial charge in [-0.3, -0.25) is 19.8 Å². The van der Waals surface area contributed by atoms with Crippen molar-refractivity contribution in [2.75, 3.05) is 11.9 Å². The molecule has 0 aliphatic carbocycles. The van der Waals surface area contributed by atoms with Crippen LogP contribution in [0.5, 0.6) is 0 Å². The number of hydrogen-bond donors (Lipinski definition) is 2. The highest BCUT2D eigenvalue weighted by Gasteiger charge is 2.12. The molecule has 8 heteroatoms. The summed E-state index contributed by atoms with van der Waals surface area (Å²) in [5, 5.41) is 7.01. The third-order valence-electron chi connectivity index (χ3n) is 5.22. The molecule has 0 spiro atoms. The van der Waals surface area contributed by atoms with Gasteiger partial charge in [-0.2, -0.15) is 0 Å². The van der Waals surface area contributed by atoms with E-state index in [-0.39, 0.29) is 12.5 Å². The van der Waals surface area contributed by atoms with E-state index in [4.69, 9.17) is 0 Å². The maximum absolute atomic E-state index is 12.7. The molecule has 0 fully saturated rings. The third kappa shape index (κ3) is 3.98. The highest BCUT2D eigenvalue weighted by molar-refractivity contribution is 5.96. The van der Waals surface area contributed by atoms with Gasteiger partial charge in [0.05, 0.1) is 17.4 Å². The van der Waals surface area contributed by atoms with Crippen molar-refractivity contribution in [1.82, 2.24) is 24.8 Å². The zero-order valence-corrected chi connectivity index (χ0v) is 17.5. The van der Waals surface area contributed by atoms with E-state index in [2.05, 4.69) is 30.6 Å². The zero-order chi connectivity index (χ0) is 21.9. The van der Waals surface area contributed by atoms with Gasteiger partial charge >= 0.3 is 0 Å². The van der Waals surface area contributed by atoms with Crippen LogP contribution in [0.4, 0.5) is 5.82 Å². The minimum Gasteiger partial charge on any atom is -0.384 e. The van der Waals surface area contributed by atoms with Crippen LogP contribution >= 0.6 is 0 Å². The number of hydrogen-bond acceptors (Lipinski definition) is 6. The maximum atomic E-state index is 12.7. The van der Waals surface area contributed by atoms with Crippen molar-refractivity contribution >= 4 is 34.5 Å². The predicted octanol–water partition coefficient (Wildman–Crippen LogP) is 3.41. The van der Waals surface area contributed by atoms with E-state index in [0.29, 0.717) is 5.82 Å². The number of aryl methyl sites for hydroxylation is 1. The van der Waals surface area contributed by atoms with Crippen molar-refractivity contribution < 1.29 is 4.79 Å². The molecule has 158 valence electrons. The first-order valence-corrected chi connectivity index (χ1v) is 10.3. The Kier molecular flexibility index (Phi) is 5.17. The summed E-state index contributed by atoms with van der Waals surface area (Å²) >= 11 is 0. The molecule has 1 amide bonds. The molecular weight excluding hydrogens is 402 g/mol. The Morgan fingerprint density at radius 1 is 1.12 bits per heavy atom. The van der Waals surface area contributed by atoms with Crippen molar-refractivity contribution in [3.63, 3.8) is 0 Å². The predicted molar refractivity (Wildman–Crippen MR) is 125 cm³/mol. The van der Waals surface area contributed by atoms with E-state index < -0.39 is 0 Å². The van der Waals surface area contributed by atoms with Gasteiger partial charge in [-0.05, 0) is 42.8 Å². The van der Waals surface area contributed by atoms with Crippen molar-refractivity contribution in [2.45, 2.75) is 13.5 Å². The number of amides is 1. The number of anilines is 1. The van der Waals surface area contributed by atoms with Crippen molar-refractivity contribution in [3.8, 4) is 11.1 Å². The zero-order valence-electron chi connectivity index (χ0n) is 17.5. The van der Waals surface area contributed by atoms with Gasteiger partial charge in [0.1, 0.15) is 12.4 Å². The Morgan fingerprint density at radius 2 is 2.06 bits per heavy atom. The van der Waals surface area contributed by atoms with E-state index >= 15 is 0 Å². The van der Waals surface area contributed by atoms with Crippen LogP contribution in [0.3, 0.4) is 0 Å². The van der Waals surface area contributed by atoms with Gasteiger partial charge in [0.2, 0.25) is 5.91 Å². The normalized spacial score (nSPS) is 13.0. The van der Waals surface area contributed by atoms with Gasteiger partial charge in [-0.25, -0.2) is 4.98 Å². The van der Waals surface area contributed by atoms with Crippen LogP contribution in [0.1, 0.15) is 11.3 Å². The lowest BCUT2D eigenvalue weighted by Crippen LogP contribution is -2.19. The summed E-state index contributed by atoms with van der Waals surface area (Å²) in [6.07, 6.45) is 12.7. The van der Waals surface area contributed by atoms with E-state index in [1.807, 2.05) is 60.6 Å². The Balaban J connectivity index is 1.32. The minimum atomic E-state index is -0.163. The maximum Gasteiger partial charge on any atom is 0.245 e. The van der Waals surface area contributed by atoms with E-state index in [0.717, 1.165) is 45.5 Å². The molecule has 0 radical (unpaired) electrons. The topological polar surface area (TPSA) is 97.1 Å². The second-order valence-electron chi connectivity index (χ2n) is 7.48. The fraction of sp³-hybridized carbons (Fsp3) is 0.125. The lowest BCUT2D eigenvalue weighted by atomic mass is 10.0. The molecule has 5 heterocycles. The number of pyridine rings is 3. The molecule has 0 saturated heterocycles. The van der Waals surface area contributed by atoms with Crippen LogP contribution in [0, 0.1) is 6.92 Å². The molecule has 0 aromatic carbocycles. The van der Waals surface area contributed by atoms with Crippen LogP contribution in [0.15, 0.2) is 72.5 Å². The molecule has 1 aliphatic heterocycles. The summed E-state index contributed by atoms with van der Waals surface area (Å²) in [5.74, 6) is 0.333. The molecular formula is C24H21N7O. The van der Waals surface area contributed by atoms with Gasteiger partial charge in [0.15, 0.2) is 0 Å². The quantitative estimate of drug-likeness (QED) is 0.513. The smallest absolute Gasteiger partial charge is 0.245 e. The second-order valence-corrected chi connectivity index (χ2v) is 7.48. The van der Waals surface area contributed by atoms with Gasteiger partial charge in [-0.15, -0.1) is 0 Å². The molecule has 2 N–H and O–H groups in total. The summed E-state index contributed by atoms with van der Waals surface area (Å²) < 4.78 is 1.89. The average molecular weight is 423 g/mol. The van der Waals surface area contributed by atoms with Crippen LogP contribution in [0.2, 0.25) is 0 Å². The Hall–Kier alpha value is -4.33. The average Bonchev–Trinajstić information content (AvgIpc) is 3.23. The highest BCUT2D eigenvalue weighted by Crippen LogP contribution is 2.28. The summed E-state index contributed by atoms with van der Waals surface area (Å²) in [6, 6.07) is 9.66. The number of nitrogens with one attached hydrogen (secondary N) is 2. The summed E-state index contributed by atoms with van der Waals surface area (Å²) in [7, 11) is 0. The number of nitrogens with zero attached hydrogens (tertiary/aromatic N) is 5. The van der Waals surface area contributed by atoms with Crippen LogP contribution < -0.4 is 10.6 Å². The second kappa shape index (κ2) is 8.43. The lowest BCUT2D eigenvalue weighted by Gasteiger charge is -2.10. The van der Waals surface area contributed by atoms with Crippen molar-refractivity contribution in [2.24, 2.45) is 4.99 Å². The molecule has 8 nitrogen and oxygen atoms in total. The molecule has 4 aromatic heterocycles. The minimum absolute atomic E-state index is 0.160. The van der Waals surface area contributed by atoms with Gasteiger partial charge < -0.3 is 15.2 Å². The first kappa shape index (κ1) is 19.6. The Bertz CT molecular complexity index is 1350. The Labute approximate surface area is 184 Å². The number of aliphatic imine (C=N–C) groups is 1. The monoisotopic (exact) mass is 423 g/mol. The standard InChI is InChI=1S/C24H21N7O/c1-16-10-17(4-6-27-16)20-12-26-14-22-19(20)5-9-31(22)15-24(32)30-23-3-2-18(11-29-23)21-13-25-7-8-28-21/h2-6,8-14,25H,7,15H2,1H3,(H,29,30,32). The number of rotatable bonds is 5. The molecule has 0 saturated carbocycles. The molecule has 5 rings (SSSR count). The fourth-order valence-corrected chi connectivity index (χ4v) is 3.69. The third-order valence-corrected chi connectivity index (χ3v) is 5.22. The first-order chi connectivity index (χ1) is 15.7. The summed E-state index contributed by atoms with van der Waals surface area (Å²) in [5.41, 5.74) is 5.60. The number of aromatic nitrogens is 4. The number of fused-ring (bicyclic) bond motifs is 1. The fourth-order valence-electron chi connectivity index (χ4n) is 3.69. The first-order valence-electron chi connectivity index (χ1n) is 10.3. The molecule has 0 unspecified atom stereocenters. The van der Waals surface area contributed by atoms with Crippen molar-refractivity contribution in [1.29, 1.82) is 0 Å². The molecule has 0 bridgehead atoms. The largest absolute Gasteiger partial charge is 0.384 e. The SMILES string of the molecule is Cc1cc(-c2cncc3c2ccn3CC(=O)Nc2ccc(C3=CNCC=N3)cn2)ccn1. The van der Waals surface area contributed by atoms with E-state index in [1.54, 1.807) is 24.7 Å². The lowest BCUT2D eigenvalue weighted by molar-refractivity contribution is -0.116. The van der Waals surface area contributed by atoms with Gasteiger partial charge in [0.25, 0.3) is 0 Å². The number of carbonyl (C=O) groups excluding carboxylic acids is 1. The molecule has 0 atom stereocenters. The van der Waals surface area contributed by atoms with E-state index in [9.17, 15) is 4.79 Å². The Morgan fingerprint density at radius 3 is 2.84 bits per heavy atom. The van der Waals surface area contributed by atoms with Gasteiger partial charge in [-0.1, -0.05) is 0 Å².